The molecule has 1 unspecified atom stereocenters. The summed E-state index contributed by atoms with van der Waals surface area (Å²) in [7, 11) is 0. The summed E-state index contributed by atoms with van der Waals surface area (Å²) in [6.07, 6.45) is 1.20. The van der Waals surface area contributed by atoms with Gasteiger partial charge in [0.2, 0.25) is 0 Å². The van der Waals surface area contributed by atoms with Gasteiger partial charge in [-0.1, -0.05) is 30.7 Å². The summed E-state index contributed by atoms with van der Waals surface area (Å²) in [5, 5.41) is 0.864. The molecule has 1 aliphatic heterocycles. The Morgan fingerprint density at radius 3 is 2.82 bits per heavy atom. The fraction of sp³-hybridized carbons (Fsp3) is 0.571. The molecule has 1 aromatic rings. The number of likely N-dealkylation sites (tertiary alicyclic amines) is 1. The van der Waals surface area contributed by atoms with E-state index < -0.39 is 0 Å². The van der Waals surface area contributed by atoms with E-state index in [0.717, 1.165) is 36.8 Å². The lowest BCUT2D eigenvalue weighted by molar-refractivity contribution is 0.274. The molecule has 0 aliphatic carbocycles. The van der Waals surface area contributed by atoms with Crippen molar-refractivity contribution in [3.63, 3.8) is 0 Å². The van der Waals surface area contributed by atoms with Crippen molar-refractivity contribution in [2.24, 2.45) is 11.1 Å². The molecule has 2 rings (SSSR count). The number of rotatable bonds is 3. The molecule has 1 aliphatic rings. The highest BCUT2D eigenvalue weighted by atomic mass is 35.5. The summed E-state index contributed by atoms with van der Waals surface area (Å²) in [5.74, 6) is 0. The van der Waals surface area contributed by atoms with Crippen LogP contribution in [-0.4, -0.2) is 24.5 Å². The van der Waals surface area contributed by atoms with E-state index in [1.807, 2.05) is 6.92 Å². The van der Waals surface area contributed by atoms with Gasteiger partial charge in [-0.25, -0.2) is 0 Å². The Hall–Kier alpha value is -0.570. The number of aryl methyl sites for hydroxylation is 1. The molecule has 0 radical (unpaired) electrons. The topological polar surface area (TPSA) is 29.3 Å². The van der Waals surface area contributed by atoms with Crippen LogP contribution in [0.4, 0.5) is 0 Å². The molecule has 2 N–H and O–H groups in total. The zero-order chi connectivity index (χ0) is 12.5. The number of hydrogen-bond acceptors (Lipinski definition) is 2. The van der Waals surface area contributed by atoms with Crippen molar-refractivity contribution in [2.45, 2.75) is 26.8 Å². The van der Waals surface area contributed by atoms with Gasteiger partial charge in [-0.3, -0.25) is 4.90 Å². The zero-order valence-electron chi connectivity index (χ0n) is 10.7. The third-order valence-corrected chi connectivity index (χ3v) is 4.18. The lowest BCUT2D eigenvalue weighted by Gasteiger charge is -2.22. The summed E-state index contributed by atoms with van der Waals surface area (Å²) in [6.45, 7) is 8.30. The molecule has 0 spiro atoms. The lowest BCUT2D eigenvalue weighted by Crippen LogP contribution is -2.31. The van der Waals surface area contributed by atoms with Gasteiger partial charge in [0, 0.05) is 18.1 Å². The fourth-order valence-corrected chi connectivity index (χ4v) is 2.62. The molecule has 0 bridgehead atoms. The molecular weight excluding hydrogens is 232 g/mol. The summed E-state index contributed by atoms with van der Waals surface area (Å²) in [6, 6.07) is 6.34. The van der Waals surface area contributed by atoms with Crippen molar-refractivity contribution >= 4 is 11.6 Å². The molecule has 17 heavy (non-hydrogen) atoms. The van der Waals surface area contributed by atoms with Gasteiger partial charge in [-0.05, 0) is 49.0 Å². The first-order valence-electron chi connectivity index (χ1n) is 6.20. The average Bonchev–Trinajstić information content (AvgIpc) is 2.67. The molecule has 0 saturated carbocycles. The Labute approximate surface area is 109 Å². The Bertz CT molecular complexity index is 405. The average molecular weight is 253 g/mol. The second-order valence-electron chi connectivity index (χ2n) is 5.56. The largest absolute Gasteiger partial charge is 0.330 e. The predicted octanol–water partition coefficient (Wildman–Crippen LogP) is 2.82. The van der Waals surface area contributed by atoms with Gasteiger partial charge in [-0.2, -0.15) is 0 Å². The van der Waals surface area contributed by atoms with Crippen LogP contribution in [0.2, 0.25) is 5.02 Å². The Morgan fingerprint density at radius 2 is 2.24 bits per heavy atom. The molecule has 1 atom stereocenters. The van der Waals surface area contributed by atoms with E-state index in [1.165, 1.54) is 12.0 Å². The standard InChI is InChI=1S/C14H21ClN2/c1-11-3-4-12(7-13(11)15)8-17-6-5-14(2,9-16)10-17/h3-4,7H,5-6,8-10,16H2,1-2H3. The van der Waals surface area contributed by atoms with E-state index in [-0.39, 0.29) is 0 Å². The first-order chi connectivity index (χ1) is 8.02. The minimum atomic E-state index is 0.300. The van der Waals surface area contributed by atoms with Crippen LogP contribution in [0.5, 0.6) is 0 Å². The van der Waals surface area contributed by atoms with Crippen molar-refractivity contribution in [3.05, 3.63) is 34.3 Å². The third kappa shape index (κ3) is 3.01. The quantitative estimate of drug-likeness (QED) is 0.897. The van der Waals surface area contributed by atoms with Crippen molar-refractivity contribution in [3.8, 4) is 0 Å². The fourth-order valence-electron chi connectivity index (χ4n) is 2.42. The van der Waals surface area contributed by atoms with Crippen LogP contribution >= 0.6 is 11.6 Å². The van der Waals surface area contributed by atoms with E-state index in [2.05, 4.69) is 30.0 Å². The minimum absolute atomic E-state index is 0.300. The van der Waals surface area contributed by atoms with Crippen molar-refractivity contribution in [1.82, 2.24) is 4.90 Å². The summed E-state index contributed by atoms with van der Waals surface area (Å²) in [4.78, 5) is 2.47. The van der Waals surface area contributed by atoms with Crippen LogP contribution in [0.15, 0.2) is 18.2 Å². The maximum atomic E-state index is 6.14. The van der Waals surface area contributed by atoms with Gasteiger partial charge in [0.05, 0.1) is 0 Å². The van der Waals surface area contributed by atoms with Gasteiger partial charge >= 0.3 is 0 Å². The Kier molecular flexibility index (Phi) is 3.76. The molecule has 1 aromatic carbocycles. The monoisotopic (exact) mass is 252 g/mol. The first kappa shape index (κ1) is 12.9. The molecular formula is C14H21ClN2. The maximum absolute atomic E-state index is 6.14. The number of benzene rings is 1. The Balaban J connectivity index is 2.00. The summed E-state index contributed by atoms with van der Waals surface area (Å²) >= 11 is 6.14. The van der Waals surface area contributed by atoms with Crippen LogP contribution in [0, 0.1) is 12.3 Å². The van der Waals surface area contributed by atoms with Gasteiger partial charge in [0.15, 0.2) is 0 Å². The lowest BCUT2D eigenvalue weighted by atomic mass is 9.90. The number of nitrogens with zero attached hydrogens (tertiary/aromatic N) is 1. The normalized spacial score (nSPS) is 25.4. The molecule has 0 aromatic heterocycles. The second kappa shape index (κ2) is 4.97. The molecule has 1 heterocycles. The van der Waals surface area contributed by atoms with Crippen molar-refractivity contribution < 1.29 is 0 Å². The van der Waals surface area contributed by atoms with Gasteiger partial charge in [-0.15, -0.1) is 0 Å². The van der Waals surface area contributed by atoms with Crippen molar-refractivity contribution in [2.75, 3.05) is 19.6 Å². The van der Waals surface area contributed by atoms with Crippen LogP contribution in [0.1, 0.15) is 24.5 Å². The van der Waals surface area contributed by atoms with E-state index in [4.69, 9.17) is 17.3 Å². The van der Waals surface area contributed by atoms with Crippen LogP contribution < -0.4 is 5.73 Å². The van der Waals surface area contributed by atoms with E-state index >= 15 is 0 Å². The smallest absolute Gasteiger partial charge is 0.0438 e. The SMILES string of the molecule is Cc1ccc(CN2CCC(C)(CN)C2)cc1Cl. The van der Waals surface area contributed by atoms with Crippen LogP contribution in [-0.2, 0) is 6.54 Å². The van der Waals surface area contributed by atoms with Crippen LogP contribution in [0.25, 0.3) is 0 Å². The second-order valence-corrected chi connectivity index (χ2v) is 5.97. The number of halogens is 1. The molecule has 3 heteroatoms. The summed E-state index contributed by atoms with van der Waals surface area (Å²) in [5.41, 5.74) is 8.56. The van der Waals surface area contributed by atoms with Crippen LogP contribution in [0.3, 0.4) is 0 Å². The predicted molar refractivity (Wildman–Crippen MR) is 73.2 cm³/mol. The van der Waals surface area contributed by atoms with E-state index in [9.17, 15) is 0 Å². The minimum Gasteiger partial charge on any atom is -0.330 e. The molecule has 94 valence electrons. The number of hydrogen-bond donors (Lipinski definition) is 1. The number of nitrogens with two attached hydrogens (primary N) is 1. The first-order valence-corrected chi connectivity index (χ1v) is 6.58. The third-order valence-electron chi connectivity index (χ3n) is 3.77. The highest BCUT2D eigenvalue weighted by Gasteiger charge is 2.32. The van der Waals surface area contributed by atoms with E-state index in [0.29, 0.717) is 5.41 Å². The van der Waals surface area contributed by atoms with Gasteiger partial charge < -0.3 is 5.73 Å². The Morgan fingerprint density at radius 1 is 1.47 bits per heavy atom. The molecule has 2 nitrogen and oxygen atoms in total. The van der Waals surface area contributed by atoms with Crippen molar-refractivity contribution in [1.29, 1.82) is 0 Å². The molecule has 1 saturated heterocycles. The highest BCUT2D eigenvalue weighted by Crippen LogP contribution is 2.29. The highest BCUT2D eigenvalue weighted by molar-refractivity contribution is 6.31. The maximum Gasteiger partial charge on any atom is 0.0438 e. The summed E-state index contributed by atoms with van der Waals surface area (Å²) < 4.78 is 0. The van der Waals surface area contributed by atoms with Gasteiger partial charge in [0.1, 0.15) is 0 Å². The molecule has 1 fully saturated rings. The zero-order valence-corrected chi connectivity index (χ0v) is 11.4. The molecule has 0 amide bonds. The van der Waals surface area contributed by atoms with E-state index in [1.54, 1.807) is 0 Å². The van der Waals surface area contributed by atoms with Gasteiger partial charge in [0.25, 0.3) is 0 Å².